The van der Waals surface area contributed by atoms with Crippen molar-refractivity contribution in [2.75, 3.05) is 13.1 Å². The van der Waals surface area contributed by atoms with Crippen molar-refractivity contribution in [2.24, 2.45) is 5.92 Å². The molecule has 5 nitrogen and oxygen atoms in total. The molecular weight excluding hydrogens is 218 g/mol. The number of aromatic nitrogens is 2. The Bertz CT molecular complexity index is 364. The molecule has 1 saturated heterocycles. The largest absolute Gasteiger partial charge is 0.481 e. The smallest absolute Gasteiger partial charge is 0.308 e. The average Bonchev–Trinajstić information content (AvgIpc) is 2.89. The average molecular weight is 237 g/mol. The Morgan fingerprint density at radius 3 is 2.94 bits per heavy atom. The van der Waals surface area contributed by atoms with Crippen molar-refractivity contribution in [3.8, 4) is 0 Å². The van der Waals surface area contributed by atoms with E-state index in [1.807, 2.05) is 19.4 Å². The number of hydrogen-bond donors (Lipinski definition) is 1. The van der Waals surface area contributed by atoms with Gasteiger partial charge in [-0.05, 0) is 26.3 Å². The molecule has 1 aromatic rings. The third-order valence-corrected chi connectivity index (χ3v) is 3.62. The van der Waals surface area contributed by atoms with E-state index in [4.69, 9.17) is 5.11 Å². The second-order valence-electron chi connectivity index (χ2n) is 4.66. The quantitative estimate of drug-likeness (QED) is 0.832. The van der Waals surface area contributed by atoms with Crippen molar-refractivity contribution < 1.29 is 9.90 Å². The molecule has 0 aromatic carbocycles. The van der Waals surface area contributed by atoms with Crippen LogP contribution >= 0.6 is 0 Å². The Morgan fingerprint density at radius 1 is 1.53 bits per heavy atom. The number of likely N-dealkylation sites (tertiary alicyclic amines) is 1. The van der Waals surface area contributed by atoms with Crippen LogP contribution in [0.1, 0.15) is 19.8 Å². The summed E-state index contributed by atoms with van der Waals surface area (Å²) in [5, 5.41) is 9.04. The lowest BCUT2D eigenvalue weighted by molar-refractivity contribution is -0.142. The number of rotatable bonds is 5. The fraction of sp³-hybridized carbons (Fsp3) is 0.667. The standard InChI is InChI=1S/C12H19N3O2/c1-10-11(12(16)17)3-7-15(10)6-2-5-14-8-4-13-9-14/h4,8-11H,2-3,5-7H2,1H3,(H,16,17). The molecule has 0 spiro atoms. The summed E-state index contributed by atoms with van der Waals surface area (Å²) in [7, 11) is 0. The van der Waals surface area contributed by atoms with Gasteiger partial charge in [0, 0.05) is 31.5 Å². The molecule has 0 aliphatic carbocycles. The maximum absolute atomic E-state index is 11.0. The van der Waals surface area contributed by atoms with Crippen molar-refractivity contribution in [3.63, 3.8) is 0 Å². The third kappa shape index (κ3) is 2.85. The summed E-state index contributed by atoms with van der Waals surface area (Å²) in [5.41, 5.74) is 0. The van der Waals surface area contributed by atoms with Gasteiger partial charge in [-0.25, -0.2) is 4.98 Å². The molecule has 1 N–H and O–H groups in total. The molecule has 0 saturated carbocycles. The van der Waals surface area contributed by atoms with Crippen LogP contribution < -0.4 is 0 Å². The van der Waals surface area contributed by atoms with Crippen LogP contribution in [0, 0.1) is 5.92 Å². The number of aliphatic carboxylic acids is 1. The highest BCUT2D eigenvalue weighted by Gasteiger charge is 2.34. The van der Waals surface area contributed by atoms with Crippen LogP contribution in [0.15, 0.2) is 18.7 Å². The van der Waals surface area contributed by atoms with E-state index >= 15 is 0 Å². The molecule has 1 fully saturated rings. The highest BCUT2D eigenvalue weighted by atomic mass is 16.4. The van der Waals surface area contributed by atoms with Crippen LogP contribution in [0.4, 0.5) is 0 Å². The van der Waals surface area contributed by atoms with E-state index in [0.29, 0.717) is 0 Å². The molecule has 1 aliphatic heterocycles. The van der Waals surface area contributed by atoms with E-state index in [9.17, 15) is 4.79 Å². The predicted molar refractivity (Wildman–Crippen MR) is 63.6 cm³/mol. The minimum Gasteiger partial charge on any atom is -0.481 e. The molecule has 5 heteroatoms. The van der Waals surface area contributed by atoms with Crippen molar-refractivity contribution in [1.29, 1.82) is 0 Å². The Morgan fingerprint density at radius 2 is 2.35 bits per heavy atom. The van der Waals surface area contributed by atoms with E-state index in [1.165, 1.54) is 0 Å². The van der Waals surface area contributed by atoms with Crippen LogP contribution in [0.5, 0.6) is 0 Å². The van der Waals surface area contributed by atoms with Gasteiger partial charge in [0.25, 0.3) is 0 Å². The molecule has 0 bridgehead atoms. The van der Waals surface area contributed by atoms with Crippen molar-refractivity contribution in [3.05, 3.63) is 18.7 Å². The van der Waals surface area contributed by atoms with E-state index in [2.05, 4.69) is 14.5 Å². The minimum absolute atomic E-state index is 0.162. The number of carboxylic acid groups (broad SMARTS) is 1. The summed E-state index contributed by atoms with van der Waals surface area (Å²) in [5.74, 6) is -0.849. The van der Waals surface area contributed by atoms with Crippen LogP contribution in [-0.4, -0.2) is 44.7 Å². The molecule has 2 atom stereocenters. The maximum Gasteiger partial charge on any atom is 0.308 e. The first-order chi connectivity index (χ1) is 8.18. The summed E-state index contributed by atoms with van der Waals surface area (Å²) in [4.78, 5) is 17.2. The van der Waals surface area contributed by atoms with Crippen LogP contribution in [-0.2, 0) is 11.3 Å². The second kappa shape index (κ2) is 5.31. The molecule has 2 unspecified atom stereocenters. The van der Waals surface area contributed by atoms with Gasteiger partial charge in [0.2, 0.25) is 0 Å². The number of hydrogen-bond acceptors (Lipinski definition) is 3. The summed E-state index contributed by atoms with van der Waals surface area (Å²) in [6, 6.07) is 0.162. The number of aryl methyl sites for hydroxylation is 1. The van der Waals surface area contributed by atoms with Gasteiger partial charge in [0.05, 0.1) is 12.2 Å². The third-order valence-electron chi connectivity index (χ3n) is 3.62. The molecular formula is C12H19N3O2. The molecule has 0 amide bonds. The molecule has 1 aromatic heterocycles. The maximum atomic E-state index is 11.0. The predicted octanol–water partition coefficient (Wildman–Crippen LogP) is 1.07. The first-order valence-electron chi connectivity index (χ1n) is 6.11. The number of carboxylic acids is 1. The fourth-order valence-corrected chi connectivity index (χ4v) is 2.52. The number of nitrogens with zero attached hydrogens (tertiary/aromatic N) is 3. The van der Waals surface area contributed by atoms with Gasteiger partial charge in [0.15, 0.2) is 0 Å². The summed E-state index contributed by atoms with van der Waals surface area (Å²) in [6.07, 6.45) is 7.36. The molecule has 2 heterocycles. The SMILES string of the molecule is CC1C(C(=O)O)CCN1CCCn1ccnc1. The van der Waals surface area contributed by atoms with Gasteiger partial charge in [-0.1, -0.05) is 0 Å². The lowest BCUT2D eigenvalue weighted by Gasteiger charge is -2.22. The molecule has 1 aliphatic rings. The fourth-order valence-electron chi connectivity index (χ4n) is 2.52. The van der Waals surface area contributed by atoms with Crippen LogP contribution in [0.25, 0.3) is 0 Å². The van der Waals surface area contributed by atoms with Crippen LogP contribution in [0.2, 0.25) is 0 Å². The van der Waals surface area contributed by atoms with Crippen molar-refractivity contribution in [1.82, 2.24) is 14.5 Å². The Labute approximate surface area is 101 Å². The van der Waals surface area contributed by atoms with Gasteiger partial charge in [-0.15, -0.1) is 0 Å². The summed E-state index contributed by atoms with van der Waals surface area (Å²) >= 11 is 0. The van der Waals surface area contributed by atoms with E-state index in [0.717, 1.165) is 32.5 Å². The summed E-state index contributed by atoms with van der Waals surface area (Å²) in [6.45, 7) is 4.83. The summed E-state index contributed by atoms with van der Waals surface area (Å²) < 4.78 is 2.05. The van der Waals surface area contributed by atoms with Gasteiger partial charge in [0.1, 0.15) is 0 Å². The van der Waals surface area contributed by atoms with Gasteiger partial charge in [-0.2, -0.15) is 0 Å². The van der Waals surface area contributed by atoms with Gasteiger partial charge >= 0.3 is 5.97 Å². The Kier molecular flexibility index (Phi) is 3.78. The lowest BCUT2D eigenvalue weighted by Crippen LogP contribution is -2.34. The number of carbonyl (C=O) groups is 1. The van der Waals surface area contributed by atoms with Gasteiger partial charge in [-0.3, -0.25) is 9.69 Å². The highest BCUT2D eigenvalue weighted by molar-refractivity contribution is 5.71. The first-order valence-corrected chi connectivity index (χ1v) is 6.11. The van der Waals surface area contributed by atoms with Crippen LogP contribution in [0.3, 0.4) is 0 Å². The van der Waals surface area contributed by atoms with Crippen molar-refractivity contribution in [2.45, 2.75) is 32.4 Å². The topological polar surface area (TPSA) is 58.4 Å². The van der Waals surface area contributed by atoms with E-state index in [-0.39, 0.29) is 12.0 Å². The monoisotopic (exact) mass is 237 g/mol. The zero-order chi connectivity index (χ0) is 12.3. The normalized spacial score (nSPS) is 25.2. The highest BCUT2D eigenvalue weighted by Crippen LogP contribution is 2.24. The van der Waals surface area contributed by atoms with Gasteiger partial charge < -0.3 is 9.67 Å². The molecule has 2 rings (SSSR count). The Hall–Kier alpha value is -1.36. The molecule has 94 valence electrons. The molecule has 0 radical (unpaired) electrons. The van der Waals surface area contributed by atoms with E-state index < -0.39 is 5.97 Å². The zero-order valence-corrected chi connectivity index (χ0v) is 10.1. The zero-order valence-electron chi connectivity index (χ0n) is 10.1. The first kappa shape index (κ1) is 12.1. The number of imidazole rings is 1. The molecule has 17 heavy (non-hydrogen) atoms. The van der Waals surface area contributed by atoms with E-state index in [1.54, 1.807) is 6.20 Å². The van der Waals surface area contributed by atoms with Crippen molar-refractivity contribution >= 4 is 5.97 Å². The second-order valence-corrected chi connectivity index (χ2v) is 4.66. The Balaban J connectivity index is 1.75. The lowest BCUT2D eigenvalue weighted by atomic mass is 10.0. The minimum atomic E-state index is -0.658.